The third kappa shape index (κ3) is 4.80. The first kappa shape index (κ1) is 19.7. The first-order valence-corrected chi connectivity index (χ1v) is 9.21. The number of rotatable bonds is 6. The normalized spacial score (nSPS) is 14.4. The van der Waals surface area contributed by atoms with E-state index in [1.54, 1.807) is 49.6 Å². The van der Waals surface area contributed by atoms with Crippen LogP contribution in [0.4, 0.5) is 5.69 Å². The van der Waals surface area contributed by atoms with Gasteiger partial charge in [0.05, 0.1) is 18.4 Å². The average molecular weight is 383 g/mol. The molecule has 0 radical (unpaired) electrons. The molecule has 1 fully saturated rings. The van der Waals surface area contributed by atoms with Crippen molar-refractivity contribution in [1.29, 1.82) is 0 Å². The van der Waals surface area contributed by atoms with Crippen LogP contribution < -0.4 is 14.8 Å². The highest BCUT2D eigenvalue weighted by Crippen LogP contribution is 2.25. The summed E-state index contributed by atoms with van der Waals surface area (Å²) in [5, 5.41) is 2.78. The number of hydrogen-bond acceptors (Lipinski definition) is 5. The van der Waals surface area contributed by atoms with Gasteiger partial charge < -0.3 is 24.6 Å². The topological polar surface area (TPSA) is 71.1 Å². The smallest absolute Gasteiger partial charge is 0.262 e. The van der Waals surface area contributed by atoms with Crippen LogP contribution in [0.25, 0.3) is 0 Å². The molecule has 2 amide bonds. The number of para-hydroxylation sites is 3. The highest BCUT2D eigenvalue weighted by Gasteiger charge is 2.22. The predicted molar refractivity (Wildman–Crippen MR) is 107 cm³/mol. The van der Waals surface area contributed by atoms with Crippen LogP contribution in [-0.4, -0.2) is 68.6 Å². The van der Waals surface area contributed by atoms with Crippen LogP contribution in [0.3, 0.4) is 0 Å². The van der Waals surface area contributed by atoms with E-state index in [2.05, 4.69) is 10.2 Å². The molecule has 0 unspecified atom stereocenters. The predicted octanol–water partition coefficient (Wildman–Crippen LogP) is 2.10. The van der Waals surface area contributed by atoms with Gasteiger partial charge in [-0.1, -0.05) is 24.3 Å². The first-order valence-electron chi connectivity index (χ1n) is 9.21. The van der Waals surface area contributed by atoms with Crippen LogP contribution in [0, 0.1) is 0 Å². The molecule has 1 aliphatic heterocycles. The number of nitrogens with one attached hydrogen (secondary N) is 1. The number of methoxy groups -OCH3 is 1. The van der Waals surface area contributed by atoms with Crippen LogP contribution in [0.15, 0.2) is 48.5 Å². The maximum atomic E-state index is 12.9. The Morgan fingerprint density at radius 2 is 1.61 bits per heavy atom. The second-order valence-corrected chi connectivity index (χ2v) is 6.63. The minimum Gasteiger partial charge on any atom is -0.493 e. The van der Waals surface area contributed by atoms with Crippen LogP contribution in [0.2, 0.25) is 0 Å². The van der Waals surface area contributed by atoms with Crippen molar-refractivity contribution in [2.24, 2.45) is 0 Å². The lowest BCUT2D eigenvalue weighted by Gasteiger charge is -2.32. The fraction of sp³-hybridized carbons (Fsp3) is 0.333. The van der Waals surface area contributed by atoms with E-state index < -0.39 is 0 Å². The summed E-state index contributed by atoms with van der Waals surface area (Å²) >= 11 is 0. The van der Waals surface area contributed by atoms with E-state index in [1.807, 2.05) is 18.0 Å². The van der Waals surface area contributed by atoms with Gasteiger partial charge in [-0.2, -0.15) is 0 Å². The van der Waals surface area contributed by atoms with Crippen molar-refractivity contribution in [2.75, 3.05) is 52.3 Å². The molecule has 0 saturated carbocycles. The summed E-state index contributed by atoms with van der Waals surface area (Å²) < 4.78 is 10.8. The van der Waals surface area contributed by atoms with Crippen LogP contribution in [0.5, 0.6) is 11.5 Å². The Kier molecular flexibility index (Phi) is 6.49. The molecule has 0 bridgehead atoms. The Balaban J connectivity index is 1.64. The molecule has 0 spiro atoms. The molecular weight excluding hydrogens is 358 g/mol. The highest BCUT2D eigenvalue weighted by molar-refractivity contribution is 6.04. The quantitative estimate of drug-likeness (QED) is 0.827. The Bertz CT molecular complexity index is 832. The van der Waals surface area contributed by atoms with Crippen molar-refractivity contribution < 1.29 is 19.1 Å². The van der Waals surface area contributed by atoms with Gasteiger partial charge in [0, 0.05) is 26.2 Å². The Labute approximate surface area is 164 Å². The van der Waals surface area contributed by atoms with E-state index in [1.165, 1.54) is 0 Å². The molecule has 0 aliphatic carbocycles. The molecule has 148 valence electrons. The zero-order chi connectivity index (χ0) is 19.9. The molecular formula is C21H25N3O4. The second-order valence-electron chi connectivity index (χ2n) is 6.63. The highest BCUT2D eigenvalue weighted by atomic mass is 16.5. The van der Waals surface area contributed by atoms with E-state index in [4.69, 9.17) is 9.47 Å². The zero-order valence-corrected chi connectivity index (χ0v) is 16.2. The van der Waals surface area contributed by atoms with Crippen molar-refractivity contribution >= 4 is 17.5 Å². The summed E-state index contributed by atoms with van der Waals surface area (Å²) in [4.78, 5) is 29.3. The minimum absolute atomic E-state index is 0.0744. The molecule has 1 N–H and O–H groups in total. The molecule has 1 saturated heterocycles. The molecule has 2 aromatic rings. The summed E-state index contributed by atoms with van der Waals surface area (Å²) in [6, 6.07) is 14.2. The third-order valence-corrected chi connectivity index (χ3v) is 4.65. The average Bonchev–Trinajstić information content (AvgIpc) is 2.73. The van der Waals surface area contributed by atoms with Crippen LogP contribution in [-0.2, 0) is 4.79 Å². The van der Waals surface area contributed by atoms with Gasteiger partial charge >= 0.3 is 0 Å². The number of hydrogen-bond donors (Lipinski definition) is 1. The van der Waals surface area contributed by atoms with Crippen molar-refractivity contribution in [2.45, 2.75) is 0 Å². The lowest BCUT2D eigenvalue weighted by molar-refractivity contribution is -0.118. The number of benzene rings is 2. The summed E-state index contributed by atoms with van der Waals surface area (Å²) in [6.07, 6.45) is 0. The van der Waals surface area contributed by atoms with E-state index in [9.17, 15) is 9.59 Å². The molecule has 7 heteroatoms. The van der Waals surface area contributed by atoms with Crippen molar-refractivity contribution in [3.8, 4) is 11.5 Å². The van der Waals surface area contributed by atoms with Gasteiger partial charge in [-0.25, -0.2) is 0 Å². The Morgan fingerprint density at radius 1 is 0.964 bits per heavy atom. The SMILES string of the molecule is COc1ccccc1OCC(=O)Nc1ccccc1C(=O)N1CCN(C)CC1. The number of likely N-dealkylation sites (N-methyl/N-ethyl adjacent to an activating group) is 1. The van der Waals surface area contributed by atoms with E-state index in [-0.39, 0.29) is 18.4 Å². The number of nitrogens with zero attached hydrogens (tertiary/aromatic N) is 2. The second kappa shape index (κ2) is 9.23. The summed E-state index contributed by atoms with van der Waals surface area (Å²) in [6.45, 7) is 2.85. The number of ether oxygens (including phenoxy) is 2. The number of anilines is 1. The van der Waals surface area contributed by atoms with Crippen molar-refractivity contribution in [1.82, 2.24) is 9.80 Å². The fourth-order valence-electron chi connectivity index (χ4n) is 3.03. The number of piperazine rings is 1. The largest absolute Gasteiger partial charge is 0.493 e. The molecule has 2 aromatic carbocycles. The lowest BCUT2D eigenvalue weighted by atomic mass is 10.1. The lowest BCUT2D eigenvalue weighted by Crippen LogP contribution is -2.47. The van der Waals surface area contributed by atoms with Gasteiger partial charge in [-0.15, -0.1) is 0 Å². The maximum Gasteiger partial charge on any atom is 0.262 e. The van der Waals surface area contributed by atoms with Crippen LogP contribution >= 0.6 is 0 Å². The van der Waals surface area contributed by atoms with Gasteiger partial charge in [-0.05, 0) is 31.3 Å². The van der Waals surface area contributed by atoms with Gasteiger partial charge in [0.25, 0.3) is 11.8 Å². The molecule has 1 heterocycles. The van der Waals surface area contributed by atoms with E-state index >= 15 is 0 Å². The number of carbonyl (C=O) groups is 2. The molecule has 3 rings (SSSR count). The van der Waals surface area contributed by atoms with Gasteiger partial charge in [0.2, 0.25) is 0 Å². The molecule has 28 heavy (non-hydrogen) atoms. The van der Waals surface area contributed by atoms with Crippen molar-refractivity contribution in [3.05, 3.63) is 54.1 Å². The first-order chi connectivity index (χ1) is 13.6. The standard InChI is InChI=1S/C21H25N3O4/c1-23-11-13-24(14-12-23)21(26)16-7-3-4-8-17(16)22-20(25)15-28-19-10-6-5-9-18(19)27-2/h3-10H,11-15H2,1-2H3,(H,22,25). The van der Waals surface area contributed by atoms with E-state index in [0.29, 0.717) is 35.8 Å². The zero-order valence-electron chi connectivity index (χ0n) is 16.2. The third-order valence-electron chi connectivity index (χ3n) is 4.65. The van der Waals surface area contributed by atoms with Crippen LogP contribution in [0.1, 0.15) is 10.4 Å². The van der Waals surface area contributed by atoms with Gasteiger partial charge in [0.15, 0.2) is 18.1 Å². The maximum absolute atomic E-state index is 12.9. The van der Waals surface area contributed by atoms with E-state index in [0.717, 1.165) is 13.1 Å². The molecule has 1 aliphatic rings. The molecule has 0 aromatic heterocycles. The van der Waals surface area contributed by atoms with Gasteiger partial charge in [0.1, 0.15) is 0 Å². The monoisotopic (exact) mass is 383 g/mol. The minimum atomic E-state index is -0.343. The number of amides is 2. The van der Waals surface area contributed by atoms with Gasteiger partial charge in [-0.3, -0.25) is 9.59 Å². The number of carbonyl (C=O) groups excluding carboxylic acids is 2. The summed E-state index contributed by atoms with van der Waals surface area (Å²) in [7, 11) is 3.58. The fourth-order valence-corrected chi connectivity index (χ4v) is 3.03. The Morgan fingerprint density at radius 3 is 2.32 bits per heavy atom. The van der Waals surface area contributed by atoms with Crippen molar-refractivity contribution in [3.63, 3.8) is 0 Å². The molecule has 7 nitrogen and oxygen atoms in total. The summed E-state index contributed by atoms with van der Waals surface area (Å²) in [5.74, 6) is 0.627. The molecule has 0 atom stereocenters. The Hall–Kier alpha value is -3.06. The summed E-state index contributed by atoms with van der Waals surface area (Å²) in [5.41, 5.74) is 0.970.